The van der Waals surface area contributed by atoms with Gasteiger partial charge in [0.15, 0.2) is 0 Å². The number of hydrogen-bond donors (Lipinski definition) is 1. The van der Waals surface area contributed by atoms with Crippen molar-refractivity contribution in [3.63, 3.8) is 0 Å². The van der Waals surface area contributed by atoms with Gasteiger partial charge in [-0.3, -0.25) is 4.79 Å². The average Bonchev–Trinajstić information content (AvgIpc) is 2.71. The van der Waals surface area contributed by atoms with Crippen molar-refractivity contribution < 1.29 is 32.6 Å². The van der Waals surface area contributed by atoms with Crippen molar-refractivity contribution in [2.24, 2.45) is 5.41 Å². The van der Waals surface area contributed by atoms with Crippen molar-refractivity contribution >= 4 is 17.7 Å². The van der Waals surface area contributed by atoms with Crippen LogP contribution in [-0.4, -0.2) is 48.2 Å². The number of fused-ring (bicyclic) bond motifs is 1. The first-order valence-corrected chi connectivity index (χ1v) is 10.7. The second kappa shape index (κ2) is 7.97. The van der Waals surface area contributed by atoms with Crippen LogP contribution < -0.4 is 9.64 Å². The van der Waals surface area contributed by atoms with Crippen molar-refractivity contribution in [1.82, 2.24) is 4.90 Å². The van der Waals surface area contributed by atoms with Crippen LogP contribution in [0.3, 0.4) is 0 Å². The maximum absolute atomic E-state index is 15.4. The predicted octanol–water partition coefficient (Wildman–Crippen LogP) is 4.35. The van der Waals surface area contributed by atoms with Crippen LogP contribution in [0, 0.1) is 22.9 Å². The molecule has 0 saturated carbocycles. The number of nitrogens with zero attached hydrogens (tertiary/aromatic N) is 2. The molecular weight excluding hydrogens is 437 g/mol. The summed E-state index contributed by atoms with van der Waals surface area (Å²) in [5, 5.41) is 9.11. The average molecular weight is 462 g/mol. The number of halogens is 3. The van der Waals surface area contributed by atoms with Crippen molar-refractivity contribution in [3.8, 4) is 5.75 Å². The third kappa shape index (κ3) is 3.89. The number of rotatable bonds is 2. The van der Waals surface area contributed by atoms with Crippen LogP contribution in [-0.2, 0) is 16.6 Å². The van der Waals surface area contributed by atoms with Gasteiger partial charge in [-0.25, -0.2) is 18.0 Å². The van der Waals surface area contributed by atoms with E-state index in [2.05, 4.69) is 0 Å². The van der Waals surface area contributed by atoms with Gasteiger partial charge in [-0.2, -0.15) is 0 Å². The first-order chi connectivity index (χ1) is 15.4. The number of hydrogen-bond acceptors (Lipinski definition) is 4. The molecule has 1 unspecified atom stereocenters. The zero-order chi connectivity index (χ0) is 24.1. The molecule has 0 spiro atoms. The van der Waals surface area contributed by atoms with Crippen LogP contribution in [0.15, 0.2) is 30.3 Å². The van der Waals surface area contributed by atoms with Gasteiger partial charge in [-0.05, 0) is 35.6 Å². The lowest BCUT2D eigenvalue weighted by molar-refractivity contribution is -0.147. The smallest absolute Gasteiger partial charge is 0.407 e. The molecule has 2 heterocycles. The molecule has 1 atom stereocenters. The zero-order valence-electron chi connectivity index (χ0n) is 18.6. The highest BCUT2D eigenvalue weighted by molar-refractivity contribution is 5.89. The Balaban J connectivity index is 1.74. The second-order valence-electron chi connectivity index (χ2n) is 9.54. The topological polar surface area (TPSA) is 70.1 Å². The normalized spacial score (nSPS) is 21.0. The summed E-state index contributed by atoms with van der Waals surface area (Å²) >= 11 is 0. The number of amides is 1. The van der Waals surface area contributed by atoms with E-state index in [0.717, 1.165) is 18.2 Å². The van der Waals surface area contributed by atoms with E-state index in [0.29, 0.717) is 18.8 Å². The molecule has 0 bridgehead atoms. The molecule has 0 aliphatic carbocycles. The Labute approximate surface area is 189 Å². The van der Waals surface area contributed by atoms with Gasteiger partial charge in [-0.1, -0.05) is 20.8 Å². The molecule has 2 aromatic carbocycles. The number of anilines is 1. The van der Waals surface area contributed by atoms with Gasteiger partial charge < -0.3 is 19.6 Å². The standard InChI is InChI=1S/C24H25F3N2O4/c1-23(2,3)24(14-8-15(25)10-16(26)9-14)13-18-19(27)11-17(12-20(18)33-21(24)30)28-4-6-29(7-5-28)22(31)32/h8-12H,4-7,13H2,1-3H3,(H,31,32). The Morgan fingerprint density at radius 3 is 2.15 bits per heavy atom. The Morgan fingerprint density at radius 1 is 1.00 bits per heavy atom. The van der Waals surface area contributed by atoms with E-state index < -0.39 is 40.3 Å². The van der Waals surface area contributed by atoms with E-state index in [1.165, 1.54) is 11.0 Å². The van der Waals surface area contributed by atoms with Gasteiger partial charge in [0, 0.05) is 49.6 Å². The minimum atomic E-state index is -1.50. The Kier molecular flexibility index (Phi) is 5.54. The summed E-state index contributed by atoms with van der Waals surface area (Å²) < 4.78 is 49.1. The minimum Gasteiger partial charge on any atom is -0.465 e. The molecule has 9 heteroatoms. The molecular formula is C24H25F3N2O4. The van der Waals surface area contributed by atoms with Crippen LogP contribution in [0.25, 0.3) is 0 Å². The summed E-state index contributed by atoms with van der Waals surface area (Å²) in [7, 11) is 0. The largest absolute Gasteiger partial charge is 0.465 e. The number of piperazine rings is 1. The number of ether oxygens (including phenoxy) is 1. The molecule has 33 heavy (non-hydrogen) atoms. The molecule has 2 aromatic rings. The van der Waals surface area contributed by atoms with E-state index >= 15 is 4.39 Å². The second-order valence-corrected chi connectivity index (χ2v) is 9.54. The van der Waals surface area contributed by atoms with Crippen molar-refractivity contribution in [3.05, 3.63) is 58.9 Å². The number of carboxylic acid groups (broad SMARTS) is 1. The highest BCUT2D eigenvalue weighted by Gasteiger charge is 2.55. The summed E-state index contributed by atoms with van der Waals surface area (Å²) in [6.07, 6.45) is -1.13. The van der Waals surface area contributed by atoms with Crippen LogP contribution in [0.4, 0.5) is 23.7 Å². The van der Waals surface area contributed by atoms with E-state index in [4.69, 9.17) is 9.84 Å². The van der Waals surface area contributed by atoms with Gasteiger partial charge in [0.2, 0.25) is 0 Å². The molecule has 1 N–H and O–H groups in total. The van der Waals surface area contributed by atoms with Gasteiger partial charge in [0.25, 0.3) is 0 Å². The first-order valence-electron chi connectivity index (χ1n) is 10.7. The van der Waals surface area contributed by atoms with E-state index in [1.54, 1.807) is 26.8 Å². The van der Waals surface area contributed by atoms with Crippen LogP contribution in [0.1, 0.15) is 31.9 Å². The van der Waals surface area contributed by atoms with Crippen molar-refractivity contribution in [1.29, 1.82) is 0 Å². The lowest BCUT2D eigenvalue weighted by atomic mass is 9.59. The number of benzene rings is 2. The van der Waals surface area contributed by atoms with E-state index in [9.17, 15) is 18.4 Å². The van der Waals surface area contributed by atoms with Gasteiger partial charge >= 0.3 is 12.1 Å². The van der Waals surface area contributed by atoms with Gasteiger partial charge in [-0.15, -0.1) is 0 Å². The quantitative estimate of drug-likeness (QED) is 0.531. The zero-order valence-corrected chi connectivity index (χ0v) is 18.6. The highest BCUT2D eigenvalue weighted by Crippen LogP contribution is 2.50. The molecule has 2 aliphatic heterocycles. The van der Waals surface area contributed by atoms with Crippen LogP contribution in [0.2, 0.25) is 0 Å². The number of esters is 1. The lowest BCUT2D eigenvalue weighted by Gasteiger charge is -2.45. The summed E-state index contributed by atoms with van der Waals surface area (Å²) in [4.78, 5) is 27.6. The fourth-order valence-electron chi connectivity index (χ4n) is 4.75. The molecule has 2 aliphatic rings. The van der Waals surface area contributed by atoms with Crippen LogP contribution in [0.5, 0.6) is 5.75 Å². The van der Waals surface area contributed by atoms with Gasteiger partial charge in [0.05, 0.1) is 0 Å². The maximum atomic E-state index is 15.4. The molecule has 176 valence electrons. The summed E-state index contributed by atoms with van der Waals surface area (Å²) in [5.74, 6) is -2.90. The molecule has 4 rings (SSSR count). The maximum Gasteiger partial charge on any atom is 0.407 e. The third-order valence-electron chi connectivity index (χ3n) is 6.68. The fraction of sp³-hybridized carbons (Fsp3) is 0.417. The molecule has 1 fully saturated rings. The molecule has 1 saturated heterocycles. The third-order valence-corrected chi connectivity index (χ3v) is 6.68. The summed E-state index contributed by atoms with van der Waals surface area (Å²) in [6, 6.07) is 5.79. The first kappa shape index (κ1) is 22.9. The van der Waals surface area contributed by atoms with Crippen LogP contribution >= 0.6 is 0 Å². The monoisotopic (exact) mass is 462 g/mol. The summed E-state index contributed by atoms with van der Waals surface area (Å²) in [6.45, 7) is 6.51. The predicted molar refractivity (Wildman–Crippen MR) is 115 cm³/mol. The van der Waals surface area contributed by atoms with Gasteiger partial charge in [0.1, 0.15) is 28.6 Å². The molecule has 0 aromatic heterocycles. The van der Waals surface area contributed by atoms with E-state index in [-0.39, 0.29) is 36.4 Å². The van der Waals surface area contributed by atoms with Crippen molar-refractivity contribution in [2.75, 3.05) is 31.1 Å². The molecule has 1 amide bonds. The molecule has 6 nitrogen and oxygen atoms in total. The Morgan fingerprint density at radius 2 is 1.61 bits per heavy atom. The lowest BCUT2D eigenvalue weighted by Crippen LogP contribution is -2.53. The Hall–Kier alpha value is -3.23. The SMILES string of the molecule is CC(C)(C)C1(c2cc(F)cc(F)c2)Cc2c(F)cc(N3CCN(C(=O)O)CC3)cc2OC1=O. The Bertz CT molecular complexity index is 1100. The highest BCUT2D eigenvalue weighted by atomic mass is 19.1. The fourth-order valence-corrected chi connectivity index (χ4v) is 4.75. The minimum absolute atomic E-state index is 0.0624. The van der Waals surface area contributed by atoms with Crippen molar-refractivity contribution in [2.45, 2.75) is 32.6 Å². The molecule has 0 radical (unpaired) electrons. The van der Waals surface area contributed by atoms with E-state index in [1.807, 2.05) is 4.90 Å². The number of carbonyl (C=O) groups excluding carboxylic acids is 1. The summed E-state index contributed by atoms with van der Waals surface area (Å²) in [5.41, 5.74) is -1.62. The number of carbonyl (C=O) groups is 2.